The number of guanidine groups is 1. The molecule has 1 fully saturated rings. The van der Waals surface area contributed by atoms with Crippen LogP contribution in [0.5, 0.6) is 0 Å². The Bertz CT molecular complexity index is 466. The zero-order valence-corrected chi connectivity index (χ0v) is 16.0. The maximum Gasteiger partial charge on any atom is 0.191 e. The molecule has 1 heterocycles. The van der Waals surface area contributed by atoms with Crippen LogP contribution in [0.4, 0.5) is 0 Å². The quantitative estimate of drug-likeness (QED) is 0.386. The lowest BCUT2D eigenvalue weighted by Crippen LogP contribution is -2.50. The first-order valence-corrected chi connectivity index (χ1v) is 8.01. The van der Waals surface area contributed by atoms with E-state index in [9.17, 15) is 5.11 Å². The summed E-state index contributed by atoms with van der Waals surface area (Å²) >= 11 is 1.69. The van der Waals surface area contributed by atoms with E-state index in [2.05, 4.69) is 27.5 Å². The fraction of sp³-hybridized carbons (Fsp3) is 0.714. The number of rotatable bonds is 5. The molecule has 3 N–H and O–H groups in total. The maximum atomic E-state index is 10.1. The fourth-order valence-corrected chi connectivity index (χ4v) is 2.96. The number of aromatic nitrogens is 1. The molecule has 0 amide bonds. The van der Waals surface area contributed by atoms with Gasteiger partial charge >= 0.3 is 0 Å². The number of hydrogen-bond acceptors (Lipinski definition) is 4. The van der Waals surface area contributed by atoms with Crippen LogP contribution in [0.3, 0.4) is 0 Å². The zero-order chi connectivity index (χ0) is 14.6. The number of nitrogens with one attached hydrogen (secondary N) is 2. The molecule has 0 aromatic carbocycles. The van der Waals surface area contributed by atoms with Crippen LogP contribution in [0.25, 0.3) is 0 Å². The molecule has 1 aromatic rings. The predicted molar refractivity (Wildman–Crippen MR) is 98.6 cm³/mol. The lowest BCUT2D eigenvalue weighted by molar-refractivity contribution is -0.0279. The second-order valence-corrected chi connectivity index (χ2v) is 6.66. The van der Waals surface area contributed by atoms with Crippen molar-refractivity contribution >= 4 is 41.3 Å². The highest BCUT2D eigenvalue weighted by Gasteiger charge is 2.34. The summed E-state index contributed by atoms with van der Waals surface area (Å²) in [6.07, 6.45) is 2.87. The van der Waals surface area contributed by atoms with Crippen LogP contribution in [0.2, 0.25) is 0 Å². The molecule has 5 nitrogen and oxygen atoms in total. The van der Waals surface area contributed by atoms with Gasteiger partial charge in [0.15, 0.2) is 5.96 Å². The molecule has 0 aliphatic heterocycles. The standard InChI is InChI=1S/C14H24N4OS.HI/c1-4-15-13(17-9-14(19)6-5-7-14)16-8-12-18-10(2)11(3)20-12;/h19H,4-9H2,1-3H3,(H2,15,16,17);1H. The molecule has 7 heteroatoms. The van der Waals surface area contributed by atoms with Gasteiger partial charge in [-0.1, -0.05) is 0 Å². The van der Waals surface area contributed by atoms with Crippen molar-refractivity contribution in [2.45, 2.75) is 52.2 Å². The van der Waals surface area contributed by atoms with Gasteiger partial charge in [0.05, 0.1) is 17.8 Å². The third-order valence-electron chi connectivity index (χ3n) is 3.66. The van der Waals surface area contributed by atoms with Crippen LogP contribution in [0.1, 0.15) is 41.8 Å². The van der Waals surface area contributed by atoms with Crippen molar-refractivity contribution in [3.05, 3.63) is 15.6 Å². The number of aryl methyl sites for hydroxylation is 2. The lowest BCUT2D eigenvalue weighted by Gasteiger charge is -2.36. The molecule has 0 bridgehead atoms. The Morgan fingerprint density at radius 1 is 1.38 bits per heavy atom. The van der Waals surface area contributed by atoms with Gasteiger partial charge in [0.1, 0.15) is 5.01 Å². The van der Waals surface area contributed by atoms with E-state index < -0.39 is 5.60 Å². The van der Waals surface area contributed by atoms with Crippen molar-refractivity contribution in [1.82, 2.24) is 15.6 Å². The van der Waals surface area contributed by atoms with E-state index in [4.69, 9.17) is 0 Å². The second-order valence-electron chi connectivity index (χ2n) is 5.38. The fourth-order valence-electron chi connectivity index (χ4n) is 2.11. The molecule has 0 saturated heterocycles. The van der Waals surface area contributed by atoms with Gasteiger partial charge in [-0.2, -0.15) is 0 Å². The Hall–Kier alpha value is -0.410. The minimum Gasteiger partial charge on any atom is -0.388 e. The number of aliphatic imine (C=N–C) groups is 1. The number of hydrogen-bond donors (Lipinski definition) is 3. The maximum absolute atomic E-state index is 10.1. The van der Waals surface area contributed by atoms with Gasteiger partial charge in [-0.15, -0.1) is 35.3 Å². The minimum atomic E-state index is -0.537. The van der Waals surface area contributed by atoms with Crippen LogP contribution < -0.4 is 10.6 Å². The molecular formula is C14H25IN4OS. The highest BCUT2D eigenvalue weighted by Crippen LogP contribution is 2.30. The molecule has 1 aliphatic rings. The van der Waals surface area contributed by atoms with Crippen LogP contribution in [-0.2, 0) is 6.54 Å². The van der Waals surface area contributed by atoms with Crippen LogP contribution in [-0.4, -0.2) is 34.7 Å². The van der Waals surface area contributed by atoms with Crippen molar-refractivity contribution in [2.75, 3.05) is 13.1 Å². The third kappa shape index (κ3) is 5.37. The highest BCUT2D eigenvalue weighted by atomic mass is 127. The molecule has 21 heavy (non-hydrogen) atoms. The third-order valence-corrected chi connectivity index (χ3v) is 4.72. The largest absolute Gasteiger partial charge is 0.388 e. The first kappa shape index (κ1) is 18.6. The molecule has 1 aliphatic carbocycles. The van der Waals surface area contributed by atoms with Crippen molar-refractivity contribution in [2.24, 2.45) is 4.99 Å². The average molecular weight is 424 g/mol. The van der Waals surface area contributed by atoms with Crippen molar-refractivity contribution in [3.63, 3.8) is 0 Å². The van der Waals surface area contributed by atoms with Gasteiger partial charge in [0.2, 0.25) is 0 Å². The summed E-state index contributed by atoms with van der Waals surface area (Å²) < 4.78 is 0. The van der Waals surface area contributed by atoms with E-state index in [0.29, 0.717) is 13.1 Å². The summed E-state index contributed by atoms with van der Waals surface area (Å²) in [6, 6.07) is 0. The average Bonchev–Trinajstić information content (AvgIpc) is 2.70. The molecular weight excluding hydrogens is 399 g/mol. The predicted octanol–water partition coefficient (Wildman–Crippen LogP) is 2.35. The van der Waals surface area contributed by atoms with Crippen LogP contribution >= 0.6 is 35.3 Å². The Kier molecular flexibility index (Phi) is 7.35. The Morgan fingerprint density at radius 2 is 2.10 bits per heavy atom. The summed E-state index contributed by atoms with van der Waals surface area (Å²) in [5.74, 6) is 0.748. The molecule has 0 unspecified atom stereocenters. The summed E-state index contributed by atoms with van der Waals surface area (Å²) in [5, 5.41) is 17.5. The van der Waals surface area contributed by atoms with Crippen LogP contribution in [0.15, 0.2) is 4.99 Å². The molecule has 0 spiro atoms. The highest BCUT2D eigenvalue weighted by molar-refractivity contribution is 14.0. The monoisotopic (exact) mass is 424 g/mol. The second kappa shape index (κ2) is 8.28. The van der Waals surface area contributed by atoms with Gasteiger partial charge in [0, 0.05) is 18.0 Å². The zero-order valence-electron chi connectivity index (χ0n) is 12.9. The minimum absolute atomic E-state index is 0. The first-order chi connectivity index (χ1) is 9.52. The molecule has 0 radical (unpaired) electrons. The van der Waals surface area contributed by atoms with Crippen molar-refractivity contribution in [3.8, 4) is 0 Å². The number of halogens is 1. The number of nitrogens with zero attached hydrogens (tertiary/aromatic N) is 2. The van der Waals surface area contributed by atoms with E-state index in [1.807, 2.05) is 13.8 Å². The lowest BCUT2D eigenvalue weighted by atomic mass is 9.80. The summed E-state index contributed by atoms with van der Waals surface area (Å²) in [4.78, 5) is 10.3. The molecule has 1 aromatic heterocycles. The van der Waals surface area contributed by atoms with E-state index >= 15 is 0 Å². The molecule has 2 rings (SSSR count). The van der Waals surface area contributed by atoms with E-state index in [0.717, 1.165) is 42.5 Å². The Labute approximate surface area is 147 Å². The number of thiazole rings is 1. The first-order valence-electron chi connectivity index (χ1n) is 7.20. The summed E-state index contributed by atoms with van der Waals surface area (Å²) in [5.41, 5.74) is 0.548. The van der Waals surface area contributed by atoms with E-state index in [1.165, 1.54) is 4.88 Å². The smallest absolute Gasteiger partial charge is 0.191 e. The topological polar surface area (TPSA) is 69.5 Å². The van der Waals surface area contributed by atoms with Gasteiger partial charge in [0.25, 0.3) is 0 Å². The van der Waals surface area contributed by atoms with Gasteiger partial charge < -0.3 is 15.7 Å². The van der Waals surface area contributed by atoms with E-state index in [-0.39, 0.29) is 24.0 Å². The summed E-state index contributed by atoms with van der Waals surface area (Å²) in [6.45, 7) is 8.08. The van der Waals surface area contributed by atoms with Crippen LogP contribution in [0, 0.1) is 13.8 Å². The van der Waals surface area contributed by atoms with Gasteiger partial charge in [-0.3, -0.25) is 0 Å². The van der Waals surface area contributed by atoms with E-state index in [1.54, 1.807) is 11.3 Å². The van der Waals surface area contributed by atoms with Crippen molar-refractivity contribution < 1.29 is 5.11 Å². The Morgan fingerprint density at radius 3 is 2.57 bits per heavy atom. The van der Waals surface area contributed by atoms with Crippen molar-refractivity contribution in [1.29, 1.82) is 0 Å². The van der Waals surface area contributed by atoms with Gasteiger partial charge in [-0.25, -0.2) is 9.98 Å². The molecule has 1 saturated carbocycles. The molecule has 0 atom stereocenters. The van der Waals surface area contributed by atoms with Gasteiger partial charge in [-0.05, 0) is 40.0 Å². The number of aliphatic hydroxyl groups is 1. The molecule has 120 valence electrons. The normalized spacial score (nSPS) is 16.9. The summed E-state index contributed by atoms with van der Waals surface area (Å²) in [7, 11) is 0. The Balaban J connectivity index is 0.00000220. The SMILES string of the molecule is CCNC(=NCc1nc(C)c(C)s1)NCC1(O)CCC1.I.